The fourth-order valence-electron chi connectivity index (χ4n) is 1.51. The summed E-state index contributed by atoms with van der Waals surface area (Å²) in [4.78, 5) is 23.0. The van der Waals surface area contributed by atoms with Gasteiger partial charge in [-0.05, 0) is 25.0 Å². The quantitative estimate of drug-likeness (QED) is 0.798. The lowest BCUT2D eigenvalue weighted by Gasteiger charge is -2.05. The molecule has 0 radical (unpaired) electrons. The van der Waals surface area contributed by atoms with Crippen LogP contribution >= 0.6 is 0 Å². The summed E-state index contributed by atoms with van der Waals surface area (Å²) >= 11 is 0. The first-order valence-corrected chi connectivity index (χ1v) is 5.88. The van der Waals surface area contributed by atoms with Gasteiger partial charge in [-0.25, -0.2) is 0 Å². The second-order valence-corrected chi connectivity index (χ2v) is 4.21. The Morgan fingerprint density at radius 3 is 2.53 bits per heavy atom. The van der Waals surface area contributed by atoms with Crippen LogP contribution in [-0.4, -0.2) is 24.4 Å². The van der Waals surface area contributed by atoms with Crippen molar-refractivity contribution in [1.82, 2.24) is 10.6 Å². The molecular formula is C13H16N2O2. The summed E-state index contributed by atoms with van der Waals surface area (Å²) < 4.78 is 0. The molecule has 2 rings (SSSR count). The number of benzene rings is 1. The summed E-state index contributed by atoms with van der Waals surface area (Å²) in [5.74, 6) is -0.120. The molecule has 0 aromatic heterocycles. The summed E-state index contributed by atoms with van der Waals surface area (Å²) in [6.07, 6.45) is 2.51. The van der Waals surface area contributed by atoms with Gasteiger partial charge in [0.2, 0.25) is 5.91 Å². The average Bonchev–Trinajstić information content (AvgIpc) is 3.14. The van der Waals surface area contributed by atoms with Crippen LogP contribution in [0.1, 0.15) is 29.6 Å². The third kappa shape index (κ3) is 3.90. The Bertz CT molecular complexity index is 399. The topological polar surface area (TPSA) is 58.2 Å². The second kappa shape index (κ2) is 5.48. The summed E-state index contributed by atoms with van der Waals surface area (Å²) in [7, 11) is 0. The van der Waals surface area contributed by atoms with Gasteiger partial charge in [0.25, 0.3) is 5.91 Å². The number of nitrogens with one attached hydrogen (secondary N) is 2. The van der Waals surface area contributed by atoms with Gasteiger partial charge in [0.05, 0.1) is 0 Å². The predicted molar refractivity (Wildman–Crippen MR) is 64.6 cm³/mol. The number of amides is 2. The zero-order valence-electron chi connectivity index (χ0n) is 9.61. The Morgan fingerprint density at radius 2 is 1.88 bits per heavy atom. The maximum absolute atomic E-state index is 11.6. The number of hydrogen-bond donors (Lipinski definition) is 2. The van der Waals surface area contributed by atoms with E-state index in [1.165, 1.54) is 0 Å². The van der Waals surface area contributed by atoms with Crippen molar-refractivity contribution in [1.29, 1.82) is 0 Å². The van der Waals surface area contributed by atoms with Crippen molar-refractivity contribution in [3.05, 3.63) is 35.9 Å². The molecule has 1 aliphatic carbocycles. The van der Waals surface area contributed by atoms with Gasteiger partial charge in [-0.3, -0.25) is 9.59 Å². The normalized spacial score (nSPS) is 14.1. The minimum Gasteiger partial charge on any atom is -0.353 e. The van der Waals surface area contributed by atoms with Crippen molar-refractivity contribution >= 4 is 11.8 Å². The van der Waals surface area contributed by atoms with Gasteiger partial charge in [0, 0.05) is 24.6 Å². The van der Waals surface area contributed by atoms with Crippen LogP contribution in [0.3, 0.4) is 0 Å². The molecule has 2 N–H and O–H groups in total. The molecule has 4 nitrogen and oxygen atoms in total. The molecule has 0 saturated heterocycles. The molecule has 0 aliphatic heterocycles. The Balaban J connectivity index is 1.67. The molecule has 17 heavy (non-hydrogen) atoms. The monoisotopic (exact) mass is 232 g/mol. The van der Waals surface area contributed by atoms with Gasteiger partial charge < -0.3 is 10.6 Å². The van der Waals surface area contributed by atoms with Crippen molar-refractivity contribution in [2.24, 2.45) is 0 Å². The van der Waals surface area contributed by atoms with Crippen molar-refractivity contribution in [2.75, 3.05) is 6.54 Å². The van der Waals surface area contributed by atoms with Crippen molar-refractivity contribution in [3.8, 4) is 0 Å². The largest absolute Gasteiger partial charge is 0.353 e. The van der Waals surface area contributed by atoms with Crippen molar-refractivity contribution in [3.63, 3.8) is 0 Å². The number of carbonyl (C=O) groups excluding carboxylic acids is 2. The highest BCUT2D eigenvalue weighted by Gasteiger charge is 2.22. The molecule has 1 aromatic carbocycles. The van der Waals surface area contributed by atoms with Gasteiger partial charge >= 0.3 is 0 Å². The summed E-state index contributed by atoms with van der Waals surface area (Å²) in [5, 5.41) is 5.60. The molecule has 0 heterocycles. The molecule has 0 bridgehead atoms. The zero-order valence-corrected chi connectivity index (χ0v) is 9.61. The van der Waals surface area contributed by atoms with E-state index in [4.69, 9.17) is 0 Å². The smallest absolute Gasteiger partial charge is 0.251 e. The van der Waals surface area contributed by atoms with Crippen molar-refractivity contribution < 1.29 is 9.59 Å². The number of hydrogen-bond acceptors (Lipinski definition) is 2. The molecule has 1 aliphatic rings. The minimum atomic E-state index is -0.134. The van der Waals surface area contributed by atoms with Gasteiger partial charge in [0.15, 0.2) is 0 Å². The molecular weight excluding hydrogens is 216 g/mol. The summed E-state index contributed by atoms with van der Waals surface area (Å²) in [5.41, 5.74) is 0.620. The van der Waals surface area contributed by atoms with Crippen LogP contribution < -0.4 is 10.6 Å². The third-order valence-electron chi connectivity index (χ3n) is 2.62. The van der Waals surface area contributed by atoms with E-state index in [0.717, 1.165) is 12.8 Å². The van der Waals surface area contributed by atoms with Crippen LogP contribution in [-0.2, 0) is 4.79 Å². The van der Waals surface area contributed by atoms with Crippen LogP contribution in [0.5, 0.6) is 0 Å². The molecule has 0 unspecified atom stereocenters. The average molecular weight is 232 g/mol. The van der Waals surface area contributed by atoms with E-state index in [0.29, 0.717) is 24.6 Å². The molecule has 1 aromatic rings. The summed E-state index contributed by atoms with van der Waals surface area (Å²) in [6, 6.07) is 9.37. The lowest BCUT2D eigenvalue weighted by atomic mass is 10.2. The van der Waals surface area contributed by atoms with Crippen LogP contribution in [0.2, 0.25) is 0 Å². The van der Waals surface area contributed by atoms with E-state index < -0.39 is 0 Å². The Hall–Kier alpha value is -1.84. The van der Waals surface area contributed by atoms with E-state index in [1.54, 1.807) is 12.1 Å². The molecule has 0 atom stereocenters. The van der Waals surface area contributed by atoms with Gasteiger partial charge in [-0.15, -0.1) is 0 Å². The lowest BCUT2D eigenvalue weighted by molar-refractivity contribution is -0.121. The van der Waals surface area contributed by atoms with Gasteiger partial charge in [-0.2, -0.15) is 0 Å². The third-order valence-corrected chi connectivity index (χ3v) is 2.62. The molecule has 90 valence electrons. The fraction of sp³-hybridized carbons (Fsp3) is 0.385. The predicted octanol–water partition coefficient (Wildman–Crippen LogP) is 1.09. The molecule has 1 fully saturated rings. The highest BCUT2D eigenvalue weighted by atomic mass is 16.2. The Labute approximate surface area is 100 Å². The highest BCUT2D eigenvalue weighted by molar-refractivity contribution is 5.94. The highest BCUT2D eigenvalue weighted by Crippen LogP contribution is 2.18. The maximum atomic E-state index is 11.6. The first kappa shape index (κ1) is 11.6. The number of rotatable bonds is 5. The first-order chi connectivity index (χ1) is 8.25. The molecule has 2 amide bonds. The van der Waals surface area contributed by atoms with E-state index >= 15 is 0 Å². The van der Waals surface area contributed by atoms with E-state index in [9.17, 15) is 9.59 Å². The first-order valence-electron chi connectivity index (χ1n) is 5.88. The maximum Gasteiger partial charge on any atom is 0.251 e. The van der Waals surface area contributed by atoms with Gasteiger partial charge in [0.1, 0.15) is 0 Å². The van der Waals surface area contributed by atoms with E-state index in [1.807, 2.05) is 18.2 Å². The fourth-order valence-corrected chi connectivity index (χ4v) is 1.51. The zero-order chi connectivity index (χ0) is 12.1. The number of carbonyl (C=O) groups is 2. The Morgan fingerprint density at radius 1 is 1.18 bits per heavy atom. The SMILES string of the molecule is O=C(CCNC(=O)c1ccccc1)NC1CC1. The van der Waals surface area contributed by atoms with Gasteiger partial charge in [-0.1, -0.05) is 18.2 Å². The van der Waals surface area contributed by atoms with Crippen molar-refractivity contribution in [2.45, 2.75) is 25.3 Å². The summed E-state index contributed by atoms with van der Waals surface area (Å²) in [6.45, 7) is 0.381. The van der Waals surface area contributed by atoms with Crippen LogP contribution in [0.15, 0.2) is 30.3 Å². The van der Waals surface area contributed by atoms with E-state index in [-0.39, 0.29) is 11.8 Å². The second-order valence-electron chi connectivity index (χ2n) is 4.21. The van der Waals surface area contributed by atoms with E-state index in [2.05, 4.69) is 10.6 Å². The molecule has 1 saturated carbocycles. The minimum absolute atomic E-state index is 0.0147. The standard InChI is InChI=1S/C13H16N2O2/c16-12(15-11-6-7-11)8-9-14-13(17)10-4-2-1-3-5-10/h1-5,11H,6-9H2,(H,14,17)(H,15,16). The van der Waals surface area contributed by atoms with Crippen LogP contribution in [0, 0.1) is 0 Å². The lowest BCUT2D eigenvalue weighted by Crippen LogP contribution is -2.31. The molecule has 4 heteroatoms. The Kier molecular flexibility index (Phi) is 3.75. The molecule has 0 spiro atoms. The van der Waals surface area contributed by atoms with Crippen LogP contribution in [0.25, 0.3) is 0 Å². The van der Waals surface area contributed by atoms with Crippen LogP contribution in [0.4, 0.5) is 0 Å².